The maximum absolute atomic E-state index is 11.9. The Hall–Kier alpha value is -0.570. The molecule has 1 fully saturated rings. The molecule has 1 amide bonds. The fourth-order valence-electron chi connectivity index (χ4n) is 2.08. The van der Waals surface area contributed by atoms with Gasteiger partial charge in [0.05, 0.1) is 6.54 Å². The van der Waals surface area contributed by atoms with Crippen LogP contribution in [0.15, 0.2) is 0 Å². The van der Waals surface area contributed by atoms with E-state index in [4.69, 9.17) is 0 Å². The van der Waals surface area contributed by atoms with Crippen molar-refractivity contribution < 1.29 is 4.79 Å². The molecule has 1 atom stereocenters. The van der Waals surface area contributed by atoms with Gasteiger partial charge in [-0.15, -0.1) is 0 Å². The van der Waals surface area contributed by atoms with Crippen molar-refractivity contribution in [1.29, 1.82) is 0 Å². The van der Waals surface area contributed by atoms with Crippen LogP contribution in [0, 0.1) is 0 Å². The van der Waals surface area contributed by atoms with Crippen LogP contribution in [0.3, 0.4) is 0 Å². The predicted octanol–water partition coefficient (Wildman–Crippen LogP) is 2.17. The summed E-state index contributed by atoms with van der Waals surface area (Å²) in [4.78, 5) is 14.2. The van der Waals surface area contributed by atoms with E-state index >= 15 is 0 Å². The number of rotatable bonds is 4. The van der Waals surface area contributed by atoms with Gasteiger partial charge < -0.3 is 5.32 Å². The smallest absolute Gasteiger partial charge is 0.234 e. The molecule has 1 N–H and O–H groups in total. The molecule has 0 aliphatic carbocycles. The first-order chi connectivity index (χ1) is 7.44. The Morgan fingerprint density at radius 2 is 2.12 bits per heavy atom. The van der Waals surface area contributed by atoms with E-state index in [-0.39, 0.29) is 11.4 Å². The summed E-state index contributed by atoms with van der Waals surface area (Å²) in [6.45, 7) is 10.1. The van der Waals surface area contributed by atoms with E-state index in [1.54, 1.807) is 0 Å². The Labute approximate surface area is 99.6 Å². The average molecular weight is 226 g/mol. The van der Waals surface area contributed by atoms with Crippen molar-refractivity contribution in [3.8, 4) is 0 Å². The Morgan fingerprint density at radius 1 is 1.44 bits per heavy atom. The molecule has 1 aliphatic heterocycles. The first-order valence-electron chi connectivity index (χ1n) is 6.49. The van der Waals surface area contributed by atoms with Gasteiger partial charge in [-0.3, -0.25) is 9.69 Å². The largest absolute Gasteiger partial charge is 0.350 e. The first kappa shape index (κ1) is 13.5. The molecule has 0 bridgehead atoms. The van der Waals surface area contributed by atoms with Gasteiger partial charge in [-0.1, -0.05) is 13.3 Å². The standard InChI is InChI=1S/C13H26N2O/c1-5-13(3,4)14-12(16)10-15-9-7-6-8-11(15)2/h11H,5-10H2,1-4H3,(H,14,16). The minimum absolute atomic E-state index is 0.0733. The highest BCUT2D eigenvalue weighted by atomic mass is 16.2. The van der Waals surface area contributed by atoms with Crippen LogP contribution in [0.4, 0.5) is 0 Å². The van der Waals surface area contributed by atoms with E-state index in [2.05, 4.69) is 37.9 Å². The van der Waals surface area contributed by atoms with Gasteiger partial charge in [0.15, 0.2) is 0 Å². The second-order valence-corrected chi connectivity index (χ2v) is 5.60. The maximum Gasteiger partial charge on any atom is 0.234 e. The van der Waals surface area contributed by atoms with Crippen molar-refractivity contribution in [2.45, 2.75) is 65.0 Å². The lowest BCUT2D eigenvalue weighted by atomic mass is 10.0. The lowest BCUT2D eigenvalue weighted by molar-refractivity contribution is -0.124. The summed E-state index contributed by atoms with van der Waals surface area (Å²) in [6.07, 6.45) is 4.73. The molecule has 16 heavy (non-hydrogen) atoms. The number of hydrogen-bond acceptors (Lipinski definition) is 2. The summed E-state index contributed by atoms with van der Waals surface area (Å²) in [5.74, 6) is 0.167. The Bertz CT molecular complexity index is 238. The van der Waals surface area contributed by atoms with Crippen LogP contribution < -0.4 is 5.32 Å². The van der Waals surface area contributed by atoms with E-state index in [1.165, 1.54) is 19.3 Å². The third kappa shape index (κ3) is 4.12. The van der Waals surface area contributed by atoms with Gasteiger partial charge in [0, 0.05) is 11.6 Å². The summed E-state index contributed by atoms with van der Waals surface area (Å²) in [6, 6.07) is 0.559. The Morgan fingerprint density at radius 3 is 2.69 bits per heavy atom. The van der Waals surface area contributed by atoms with Crippen LogP contribution in [0.5, 0.6) is 0 Å². The molecule has 1 unspecified atom stereocenters. The van der Waals surface area contributed by atoms with Crippen molar-refractivity contribution >= 4 is 5.91 Å². The van der Waals surface area contributed by atoms with E-state index in [0.29, 0.717) is 12.6 Å². The number of piperidine rings is 1. The molecule has 0 aromatic carbocycles. The zero-order valence-electron chi connectivity index (χ0n) is 11.2. The minimum Gasteiger partial charge on any atom is -0.350 e. The van der Waals surface area contributed by atoms with Gasteiger partial charge >= 0.3 is 0 Å². The fraction of sp³-hybridized carbons (Fsp3) is 0.923. The zero-order valence-corrected chi connectivity index (χ0v) is 11.2. The van der Waals surface area contributed by atoms with Crippen LogP contribution >= 0.6 is 0 Å². The Kier molecular flexibility index (Phi) is 4.78. The third-order valence-corrected chi connectivity index (χ3v) is 3.65. The van der Waals surface area contributed by atoms with E-state index in [1.807, 2.05) is 0 Å². The number of nitrogens with zero attached hydrogens (tertiary/aromatic N) is 1. The molecule has 0 radical (unpaired) electrons. The number of amides is 1. The normalized spacial score (nSPS) is 23.1. The number of carbonyl (C=O) groups excluding carboxylic acids is 1. The second kappa shape index (κ2) is 5.67. The monoisotopic (exact) mass is 226 g/mol. The summed E-state index contributed by atoms with van der Waals surface area (Å²) >= 11 is 0. The first-order valence-corrected chi connectivity index (χ1v) is 6.49. The lowest BCUT2D eigenvalue weighted by Gasteiger charge is -2.34. The lowest BCUT2D eigenvalue weighted by Crippen LogP contribution is -2.50. The molecular weight excluding hydrogens is 200 g/mol. The van der Waals surface area contributed by atoms with Crippen LogP contribution in [-0.4, -0.2) is 35.5 Å². The average Bonchev–Trinajstić information content (AvgIpc) is 2.21. The predicted molar refractivity (Wildman–Crippen MR) is 67.4 cm³/mol. The summed E-state index contributed by atoms with van der Waals surface area (Å²) in [7, 11) is 0. The molecule has 1 aliphatic rings. The van der Waals surface area contributed by atoms with E-state index < -0.39 is 0 Å². The molecule has 0 aromatic heterocycles. The molecule has 1 rings (SSSR count). The highest BCUT2D eigenvalue weighted by molar-refractivity contribution is 5.78. The summed E-state index contributed by atoms with van der Waals surface area (Å²) < 4.78 is 0. The van der Waals surface area contributed by atoms with Gasteiger partial charge in [0.25, 0.3) is 0 Å². The number of hydrogen-bond donors (Lipinski definition) is 1. The van der Waals surface area contributed by atoms with Crippen molar-refractivity contribution in [2.75, 3.05) is 13.1 Å². The maximum atomic E-state index is 11.9. The summed E-state index contributed by atoms with van der Waals surface area (Å²) in [5, 5.41) is 3.09. The van der Waals surface area contributed by atoms with Gasteiger partial charge in [0.1, 0.15) is 0 Å². The van der Waals surface area contributed by atoms with Gasteiger partial charge in [-0.2, -0.15) is 0 Å². The van der Waals surface area contributed by atoms with Crippen molar-refractivity contribution in [3.05, 3.63) is 0 Å². The third-order valence-electron chi connectivity index (χ3n) is 3.65. The van der Waals surface area contributed by atoms with E-state index in [9.17, 15) is 4.79 Å². The van der Waals surface area contributed by atoms with Gasteiger partial charge in [0.2, 0.25) is 5.91 Å². The van der Waals surface area contributed by atoms with Gasteiger partial charge in [-0.25, -0.2) is 0 Å². The molecule has 0 spiro atoms. The van der Waals surface area contributed by atoms with Crippen LogP contribution in [-0.2, 0) is 4.79 Å². The summed E-state index contributed by atoms with van der Waals surface area (Å²) in [5.41, 5.74) is -0.0733. The quantitative estimate of drug-likeness (QED) is 0.797. The topological polar surface area (TPSA) is 32.3 Å². The Balaban J connectivity index is 2.38. The van der Waals surface area contributed by atoms with Crippen LogP contribution in [0.2, 0.25) is 0 Å². The number of carbonyl (C=O) groups is 1. The molecule has 3 nitrogen and oxygen atoms in total. The highest BCUT2D eigenvalue weighted by Crippen LogP contribution is 2.16. The molecule has 3 heteroatoms. The van der Waals surface area contributed by atoms with Crippen molar-refractivity contribution in [1.82, 2.24) is 10.2 Å². The van der Waals surface area contributed by atoms with Crippen molar-refractivity contribution in [2.24, 2.45) is 0 Å². The molecule has 94 valence electrons. The molecule has 1 heterocycles. The minimum atomic E-state index is -0.0733. The van der Waals surface area contributed by atoms with Crippen LogP contribution in [0.25, 0.3) is 0 Å². The molecule has 0 aromatic rings. The van der Waals surface area contributed by atoms with Gasteiger partial charge in [-0.05, 0) is 46.6 Å². The van der Waals surface area contributed by atoms with Crippen LogP contribution in [0.1, 0.15) is 53.4 Å². The zero-order chi connectivity index (χ0) is 12.2. The highest BCUT2D eigenvalue weighted by Gasteiger charge is 2.23. The molecule has 0 saturated carbocycles. The SMILES string of the molecule is CCC(C)(C)NC(=O)CN1CCCCC1C. The van der Waals surface area contributed by atoms with E-state index in [0.717, 1.165) is 13.0 Å². The molecular formula is C13H26N2O. The number of likely N-dealkylation sites (tertiary alicyclic amines) is 1. The molecule has 1 saturated heterocycles. The second-order valence-electron chi connectivity index (χ2n) is 5.60. The number of nitrogens with one attached hydrogen (secondary N) is 1. The van der Waals surface area contributed by atoms with Crippen molar-refractivity contribution in [3.63, 3.8) is 0 Å². The fourth-order valence-corrected chi connectivity index (χ4v) is 2.08.